The van der Waals surface area contributed by atoms with Crippen molar-refractivity contribution in [3.05, 3.63) is 91.1 Å². The average Bonchev–Trinajstić information content (AvgIpc) is 3.27. The average molecular weight is 532 g/mol. The molecule has 0 atom stereocenters. The molecule has 7 nitrogen and oxygen atoms in total. The van der Waals surface area contributed by atoms with E-state index in [-0.39, 0.29) is 5.91 Å². The summed E-state index contributed by atoms with van der Waals surface area (Å²) in [4.78, 5) is 26.0. The Balaban J connectivity index is 1.12. The molecule has 3 aliphatic rings. The lowest BCUT2D eigenvalue weighted by Crippen LogP contribution is -2.60. The second kappa shape index (κ2) is 10.1. The van der Waals surface area contributed by atoms with Crippen molar-refractivity contribution < 1.29 is 9.53 Å². The van der Waals surface area contributed by atoms with Crippen LogP contribution in [0.5, 0.6) is 5.88 Å². The molecule has 5 heterocycles. The quantitative estimate of drug-likeness (QED) is 0.328. The number of hydrogen-bond acceptors (Lipinski definition) is 5. The number of carbonyl (C=O) groups is 1. The molecule has 7 rings (SSSR count). The topological polar surface area (TPSA) is 63.5 Å². The zero-order chi connectivity index (χ0) is 27.1. The molecule has 2 saturated heterocycles. The first-order valence-corrected chi connectivity index (χ1v) is 14.1. The Bertz CT molecular complexity index is 1540. The Morgan fingerprint density at radius 2 is 1.73 bits per heavy atom. The zero-order valence-corrected chi connectivity index (χ0v) is 22.6. The summed E-state index contributed by atoms with van der Waals surface area (Å²) in [6.45, 7) is 9.72. The minimum atomic E-state index is 0.0601. The van der Waals surface area contributed by atoms with E-state index in [1.807, 2.05) is 23.1 Å². The van der Waals surface area contributed by atoms with Gasteiger partial charge in [-0.05, 0) is 42.0 Å². The Morgan fingerprint density at radius 3 is 2.48 bits per heavy atom. The van der Waals surface area contributed by atoms with Crippen molar-refractivity contribution in [3.63, 3.8) is 0 Å². The number of hydrogen-bond donors (Lipinski definition) is 0. The van der Waals surface area contributed by atoms with Gasteiger partial charge in [0.1, 0.15) is 12.4 Å². The molecule has 0 saturated carbocycles. The van der Waals surface area contributed by atoms with Crippen LogP contribution in [0.25, 0.3) is 33.9 Å². The fraction of sp³-hybridized carbons (Fsp3) is 0.303. The number of pyridine rings is 1. The molecule has 0 bridgehead atoms. The van der Waals surface area contributed by atoms with Gasteiger partial charge in [-0.15, -0.1) is 0 Å². The van der Waals surface area contributed by atoms with Crippen LogP contribution in [-0.2, 0) is 17.9 Å². The molecule has 0 radical (unpaired) electrons. The molecule has 2 fully saturated rings. The number of fused-ring (bicyclic) bond motifs is 3. The summed E-state index contributed by atoms with van der Waals surface area (Å²) in [7, 11) is 0. The van der Waals surface area contributed by atoms with Crippen LogP contribution < -0.4 is 4.74 Å². The summed E-state index contributed by atoms with van der Waals surface area (Å²) in [6, 6.07) is 23.4. The number of benzene rings is 2. The van der Waals surface area contributed by atoms with Gasteiger partial charge in [0.05, 0.1) is 23.5 Å². The Labute approximate surface area is 234 Å². The minimum absolute atomic E-state index is 0.0601. The molecular weight excluding hydrogens is 498 g/mol. The maximum atomic E-state index is 11.9. The van der Waals surface area contributed by atoms with Gasteiger partial charge in [0.25, 0.3) is 0 Å². The summed E-state index contributed by atoms with van der Waals surface area (Å²) in [5.41, 5.74) is 6.93. The third kappa shape index (κ3) is 4.40. The standard InChI is InChI=1S/C33H33N5O2/c1-2-28(39)37-17-14-33(15-18-37)22-36(23-33)21-24-10-12-25(13-11-24)29-30(26-7-4-3-5-8-26)38-19-20-40-32-27(31(38)35-29)9-6-16-34-32/h2-13,16H,1,14-15,17-23H2. The molecule has 2 aromatic heterocycles. The van der Waals surface area contributed by atoms with Gasteiger partial charge in [-0.3, -0.25) is 9.69 Å². The van der Waals surface area contributed by atoms with Gasteiger partial charge in [-0.2, -0.15) is 0 Å². The first-order valence-electron chi connectivity index (χ1n) is 14.1. The summed E-state index contributed by atoms with van der Waals surface area (Å²) < 4.78 is 8.24. The zero-order valence-electron chi connectivity index (χ0n) is 22.6. The van der Waals surface area contributed by atoms with Crippen LogP contribution in [0.15, 0.2) is 85.6 Å². The van der Waals surface area contributed by atoms with E-state index in [0.717, 1.165) is 79.5 Å². The Kier molecular flexibility index (Phi) is 6.24. The van der Waals surface area contributed by atoms with Gasteiger partial charge >= 0.3 is 0 Å². The third-order valence-corrected chi connectivity index (χ3v) is 8.64. The molecule has 4 aromatic rings. The first kappa shape index (κ1) is 24.8. The van der Waals surface area contributed by atoms with Crippen molar-refractivity contribution in [2.75, 3.05) is 32.8 Å². The third-order valence-electron chi connectivity index (χ3n) is 8.64. The Morgan fingerprint density at radius 1 is 0.950 bits per heavy atom. The van der Waals surface area contributed by atoms with Gasteiger partial charge in [0.2, 0.25) is 11.8 Å². The smallest absolute Gasteiger partial charge is 0.245 e. The number of aromatic nitrogens is 3. The molecule has 3 aliphatic heterocycles. The highest BCUT2D eigenvalue weighted by Crippen LogP contribution is 2.42. The molecule has 7 heteroatoms. The van der Waals surface area contributed by atoms with Gasteiger partial charge in [-0.25, -0.2) is 9.97 Å². The van der Waals surface area contributed by atoms with Crippen LogP contribution in [-0.4, -0.2) is 63.0 Å². The van der Waals surface area contributed by atoms with Gasteiger partial charge < -0.3 is 14.2 Å². The van der Waals surface area contributed by atoms with Crippen LogP contribution in [0, 0.1) is 5.41 Å². The number of piperidine rings is 1. The summed E-state index contributed by atoms with van der Waals surface area (Å²) in [6.07, 6.45) is 5.36. The number of nitrogens with zero attached hydrogens (tertiary/aromatic N) is 5. The number of rotatable bonds is 5. The van der Waals surface area contributed by atoms with Gasteiger partial charge in [0.15, 0.2) is 0 Å². The predicted molar refractivity (Wildman–Crippen MR) is 156 cm³/mol. The van der Waals surface area contributed by atoms with Crippen molar-refractivity contribution in [1.82, 2.24) is 24.3 Å². The number of carbonyl (C=O) groups excluding carboxylic acids is 1. The van der Waals surface area contributed by atoms with Crippen LogP contribution >= 0.6 is 0 Å². The maximum Gasteiger partial charge on any atom is 0.245 e. The highest BCUT2D eigenvalue weighted by atomic mass is 16.5. The van der Waals surface area contributed by atoms with Crippen molar-refractivity contribution >= 4 is 5.91 Å². The fourth-order valence-electron chi connectivity index (χ4n) is 6.56. The lowest BCUT2D eigenvalue weighted by atomic mass is 9.72. The SMILES string of the molecule is C=CC(=O)N1CCC2(CC1)CN(Cc1ccc(-c3nc4n(c3-c3ccccc3)CCOc3ncccc3-4)cc1)C2. The molecule has 40 heavy (non-hydrogen) atoms. The van der Waals surface area contributed by atoms with Crippen molar-refractivity contribution in [2.45, 2.75) is 25.9 Å². The number of imidazole rings is 1. The van der Waals surface area contributed by atoms with E-state index in [2.05, 4.69) is 69.6 Å². The summed E-state index contributed by atoms with van der Waals surface area (Å²) in [5.74, 6) is 1.59. The lowest BCUT2D eigenvalue weighted by Gasteiger charge is -2.54. The molecule has 202 valence electrons. The monoisotopic (exact) mass is 531 g/mol. The highest BCUT2D eigenvalue weighted by Gasteiger charge is 2.44. The largest absolute Gasteiger partial charge is 0.475 e. The second-order valence-corrected chi connectivity index (χ2v) is 11.2. The second-order valence-electron chi connectivity index (χ2n) is 11.2. The van der Waals surface area contributed by atoms with Crippen molar-refractivity contribution in [2.24, 2.45) is 5.41 Å². The van der Waals surface area contributed by atoms with E-state index < -0.39 is 0 Å². The van der Waals surface area contributed by atoms with E-state index in [0.29, 0.717) is 24.4 Å². The van der Waals surface area contributed by atoms with Crippen LogP contribution in [0.2, 0.25) is 0 Å². The maximum absolute atomic E-state index is 11.9. The lowest BCUT2D eigenvalue weighted by molar-refractivity contribution is -0.131. The molecule has 0 aliphatic carbocycles. The number of likely N-dealkylation sites (tertiary alicyclic amines) is 2. The number of amides is 1. The van der Waals surface area contributed by atoms with E-state index >= 15 is 0 Å². The normalized spacial score (nSPS) is 17.8. The van der Waals surface area contributed by atoms with Crippen molar-refractivity contribution in [1.29, 1.82) is 0 Å². The summed E-state index contributed by atoms with van der Waals surface area (Å²) in [5, 5.41) is 0. The molecule has 1 spiro atoms. The molecule has 0 unspecified atom stereocenters. The molecule has 2 aromatic carbocycles. The van der Waals surface area contributed by atoms with E-state index in [4.69, 9.17) is 9.72 Å². The first-order chi connectivity index (χ1) is 19.6. The van der Waals surface area contributed by atoms with Crippen LogP contribution in [0.3, 0.4) is 0 Å². The molecule has 1 amide bonds. The van der Waals surface area contributed by atoms with E-state index in [1.54, 1.807) is 6.20 Å². The predicted octanol–water partition coefficient (Wildman–Crippen LogP) is 5.28. The van der Waals surface area contributed by atoms with Gasteiger partial charge in [0, 0.05) is 50.0 Å². The molecular formula is C33H33N5O2. The van der Waals surface area contributed by atoms with Crippen LogP contribution in [0.1, 0.15) is 18.4 Å². The molecule has 0 N–H and O–H groups in total. The van der Waals surface area contributed by atoms with E-state index in [9.17, 15) is 4.79 Å². The fourth-order valence-corrected chi connectivity index (χ4v) is 6.56. The minimum Gasteiger partial charge on any atom is -0.475 e. The van der Waals surface area contributed by atoms with E-state index in [1.165, 1.54) is 11.6 Å². The Hall–Kier alpha value is -4.23. The summed E-state index contributed by atoms with van der Waals surface area (Å²) >= 11 is 0. The number of ether oxygens (including phenoxy) is 1. The van der Waals surface area contributed by atoms with Gasteiger partial charge in [-0.1, -0.05) is 61.2 Å². The highest BCUT2D eigenvalue weighted by molar-refractivity contribution is 5.87. The van der Waals surface area contributed by atoms with Crippen molar-refractivity contribution in [3.8, 4) is 39.8 Å². The van der Waals surface area contributed by atoms with Crippen LogP contribution in [0.4, 0.5) is 0 Å².